The Labute approximate surface area is 107 Å². The Morgan fingerprint density at radius 1 is 1.44 bits per heavy atom. The van der Waals surface area contributed by atoms with Crippen molar-refractivity contribution in [3.63, 3.8) is 0 Å². The first-order chi connectivity index (χ1) is 8.79. The molecule has 1 heterocycles. The monoisotopic (exact) mass is 249 g/mol. The van der Waals surface area contributed by atoms with Crippen LogP contribution in [0.25, 0.3) is 0 Å². The molecule has 1 unspecified atom stereocenters. The maximum atomic E-state index is 11.8. The van der Waals surface area contributed by atoms with Crippen LogP contribution >= 0.6 is 0 Å². The van der Waals surface area contributed by atoms with Gasteiger partial charge in [-0.3, -0.25) is 4.79 Å². The molecule has 0 radical (unpaired) electrons. The van der Waals surface area contributed by atoms with Gasteiger partial charge in [-0.2, -0.15) is 0 Å². The predicted molar refractivity (Wildman–Crippen MR) is 68.9 cm³/mol. The van der Waals surface area contributed by atoms with Crippen molar-refractivity contribution in [1.82, 2.24) is 5.32 Å². The molecule has 18 heavy (non-hydrogen) atoms. The summed E-state index contributed by atoms with van der Waals surface area (Å²) in [7, 11) is 1.61. The van der Waals surface area contributed by atoms with Crippen LogP contribution in [0.2, 0.25) is 0 Å². The third-order valence-electron chi connectivity index (χ3n) is 3.13. The molecule has 0 saturated carbocycles. The number of methoxy groups -OCH3 is 1. The topological polar surface area (TPSA) is 47.6 Å². The fraction of sp³-hybridized carbons (Fsp3) is 0.500. The van der Waals surface area contributed by atoms with Gasteiger partial charge in [0.2, 0.25) is 0 Å². The van der Waals surface area contributed by atoms with Gasteiger partial charge in [0.25, 0.3) is 5.91 Å². The number of hydrogen-bond acceptors (Lipinski definition) is 3. The van der Waals surface area contributed by atoms with E-state index in [1.165, 1.54) is 0 Å². The number of rotatable bonds is 5. The van der Waals surface area contributed by atoms with Crippen LogP contribution in [-0.2, 0) is 4.74 Å². The second-order valence-corrected chi connectivity index (χ2v) is 4.41. The number of carbonyl (C=O) groups is 1. The molecular formula is C14H19NO3. The molecule has 1 N–H and O–H groups in total. The summed E-state index contributed by atoms with van der Waals surface area (Å²) < 4.78 is 10.6. The van der Waals surface area contributed by atoms with E-state index in [1.807, 2.05) is 0 Å². The van der Waals surface area contributed by atoms with Crippen LogP contribution in [-0.4, -0.2) is 32.3 Å². The second kappa shape index (κ2) is 6.40. The van der Waals surface area contributed by atoms with Gasteiger partial charge in [0, 0.05) is 18.7 Å². The van der Waals surface area contributed by atoms with E-state index in [0.29, 0.717) is 18.2 Å². The number of benzene rings is 1. The summed E-state index contributed by atoms with van der Waals surface area (Å²) in [6.07, 6.45) is 3.46. The highest BCUT2D eigenvalue weighted by atomic mass is 16.5. The van der Waals surface area contributed by atoms with Gasteiger partial charge in [-0.05, 0) is 43.5 Å². The molecule has 2 rings (SSSR count). The van der Waals surface area contributed by atoms with Gasteiger partial charge in [0.15, 0.2) is 0 Å². The fourth-order valence-corrected chi connectivity index (χ4v) is 2.06. The van der Waals surface area contributed by atoms with Crippen LogP contribution in [0.3, 0.4) is 0 Å². The number of carbonyl (C=O) groups excluding carboxylic acids is 1. The van der Waals surface area contributed by atoms with Crippen molar-refractivity contribution in [2.45, 2.75) is 25.4 Å². The number of amides is 1. The quantitative estimate of drug-likeness (QED) is 0.868. The van der Waals surface area contributed by atoms with Crippen molar-refractivity contribution < 1.29 is 14.3 Å². The van der Waals surface area contributed by atoms with Crippen LogP contribution in [0, 0.1) is 0 Å². The summed E-state index contributed by atoms with van der Waals surface area (Å²) in [6.45, 7) is 1.52. The zero-order valence-electron chi connectivity index (χ0n) is 10.6. The van der Waals surface area contributed by atoms with E-state index in [-0.39, 0.29) is 5.91 Å². The number of nitrogens with one attached hydrogen (secondary N) is 1. The summed E-state index contributed by atoms with van der Waals surface area (Å²) in [4.78, 5) is 11.8. The molecule has 0 aliphatic carbocycles. The Kier molecular flexibility index (Phi) is 4.59. The van der Waals surface area contributed by atoms with E-state index in [0.717, 1.165) is 31.6 Å². The molecule has 0 aromatic heterocycles. The minimum absolute atomic E-state index is 0.0457. The first kappa shape index (κ1) is 12.9. The lowest BCUT2D eigenvalue weighted by molar-refractivity contribution is 0.0907. The average molecular weight is 249 g/mol. The maximum Gasteiger partial charge on any atom is 0.251 e. The predicted octanol–water partition coefficient (Wildman–Crippen LogP) is 1.99. The van der Waals surface area contributed by atoms with E-state index in [9.17, 15) is 4.79 Å². The Morgan fingerprint density at radius 2 is 2.22 bits per heavy atom. The molecule has 1 fully saturated rings. The highest BCUT2D eigenvalue weighted by Gasteiger charge is 2.15. The first-order valence-electron chi connectivity index (χ1n) is 6.33. The van der Waals surface area contributed by atoms with Crippen LogP contribution < -0.4 is 10.1 Å². The van der Waals surface area contributed by atoms with Gasteiger partial charge >= 0.3 is 0 Å². The number of ether oxygens (including phenoxy) is 2. The van der Waals surface area contributed by atoms with Gasteiger partial charge in [0.05, 0.1) is 13.2 Å². The van der Waals surface area contributed by atoms with Crippen molar-refractivity contribution >= 4 is 5.91 Å². The Morgan fingerprint density at radius 3 is 2.83 bits per heavy atom. The standard InChI is InChI=1S/C14H19NO3/c1-17-12-6-4-11(5-7-12)14(16)15-9-8-13-3-2-10-18-13/h4-7,13H,2-3,8-10H2,1H3,(H,15,16). The first-order valence-corrected chi connectivity index (χ1v) is 6.33. The van der Waals surface area contributed by atoms with Crippen LogP contribution in [0.1, 0.15) is 29.6 Å². The summed E-state index contributed by atoms with van der Waals surface area (Å²) >= 11 is 0. The van der Waals surface area contributed by atoms with Gasteiger partial charge < -0.3 is 14.8 Å². The zero-order chi connectivity index (χ0) is 12.8. The summed E-state index contributed by atoms with van der Waals surface area (Å²) in [5.41, 5.74) is 0.656. The van der Waals surface area contributed by atoms with Crippen LogP contribution in [0.5, 0.6) is 5.75 Å². The van der Waals surface area contributed by atoms with Crippen LogP contribution in [0.4, 0.5) is 0 Å². The SMILES string of the molecule is COc1ccc(C(=O)NCCC2CCCO2)cc1. The third kappa shape index (κ3) is 3.47. The normalized spacial score (nSPS) is 18.6. The second-order valence-electron chi connectivity index (χ2n) is 4.41. The lowest BCUT2D eigenvalue weighted by Crippen LogP contribution is -2.26. The fourth-order valence-electron chi connectivity index (χ4n) is 2.06. The van der Waals surface area contributed by atoms with Gasteiger partial charge in [0.1, 0.15) is 5.75 Å². The Bertz CT molecular complexity index is 383. The molecular weight excluding hydrogens is 230 g/mol. The van der Waals surface area contributed by atoms with E-state index in [1.54, 1.807) is 31.4 Å². The smallest absolute Gasteiger partial charge is 0.251 e. The lowest BCUT2D eigenvalue weighted by Gasteiger charge is -2.10. The average Bonchev–Trinajstić information content (AvgIpc) is 2.92. The van der Waals surface area contributed by atoms with Gasteiger partial charge in [-0.25, -0.2) is 0 Å². The molecule has 4 heteroatoms. The van der Waals surface area contributed by atoms with E-state index >= 15 is 0 Å². The van der Waals surface area contributed by atoms with E-state index in [2.05, 4.69) is 5.32 Å². The maximum absolute atomic E-state index is 11.8. The number of hydrogen-bond donors (Lipinski definition) is 1. The summed E-state index contributed by atoms with van der Waals surface area (Å²) in [6, 6.07) is 7.10. The molecule has 4 nitrogen and oxygen atoms in total. The largest absolute Gasteiger partial charge is 0.497 e. The summed E-state index contributed by atoms with van der Waals surface area (Å²) in [5.74, 6) is 0.710. The molecule has 1 amide bonds. The van der Waals surface area contributed by atoms with Crippen molar-refractivity contribution in [3.05, 3.63) is 29.8 Å². The minimum atomic E-state index is -0.0457. The highest BCUT2D eigenvalue weighted by Crippen LogP contribution is 2.14. The Hall–Kier alpha value is -1.55. The van der Waals surface area contributed by atoms with Crippen molar-refractivity contribution in [2.24, 2.45) is 0 Å². The highest BCUT2D eigenvalue weighted by molar-refractivity contribution is 5.94. The van der Waals surface area contributed by atoms with Crippen molar-refractivity contribution in [3.8, 4) is 5.75 Å². The van der Waals surface area contributed by atoms with Crippen molar-refractivity contribution in [1.29, 1.82) is 0 Å². The lowest BCUT2D eigenvalue weighted by atomic mass is 10.1. The molecule has 1 aromatic carbocycles. The molecule has 1 aliphatic rings. The summed E-state index contributed by atoms with van der Waals surface area (Å²) in [5, 5.41) is 2.90. The molecule has 0 spiro atoms. The third-order valence-corrected chi connectivity index (χ3v) is 3.13. The van der Waals surface area contributed by atoms with E-state index in [4.69, 9.17) is 9.47 Å². The molecule has 1 atom stereocenters. The molecule has 1 aliphatic heterocycles. The molecule has 1 aromatic rings. The van der Waals surface area contributed by atoms with Gasteiger partial charge in [-0.15, -0.1) is 0 Å². The molecule has 98 valence electrons. The minimum Gasteiger partial charge on any atom is -0.497 e. The van der Waals surface area contributed by atoms with E-state index < -0.39 is 0 Å². The van der Waals surface area contributed by atoms with Gasteiger partial charge in [-0.1, -0.05) is 0 Å². The van der Waals surface area contributed by atoms with Crippen molar-refractivity contribution in [2.75, 3.05) is 20.3 Å². The zero-order valence-corrected chi connectivity index (χ0v) is 10.6. The molecule has 0 bridgehead atoms. The molecule has 1 saturated heterocycles. The Balaban J connectivity index is 1.76. The van der Waals surface area contributed by atoms with Crippen LogP contribution in [0.15, 0.2) is 24.3 Å².